The highest BCUT2D eigenvalue weighted by Crippen LogP contribution is 2.12. The van der Waals surface area contributed by atoms with E-state index in [1.807, 2.05) is 0 Å². The summed E-state index contributed by atoms with van der Waals surface area (Å²) in [7, 11) is 0. The molecule has 0 aromatic carbocycles. The predicted molar refractivity (Wildman–Crippen MR) is 51.6 cm³/mol. The van der Waals surface area contributed by atoms with E-state index in [4.69, 9.17) is 12.2 Å². The molecule has 1 aliphatic rings. The SMILES string of the molecule is CCCC1NC(C)(C)NC1=S. The van der Waals surface area contributed by atoms with Gasteiger partial charge in [0, 0.05) is 0 Å². The van der Waals surface area contributed by atoms with Crippen LogP contribution in [-0.2, 0) is 0 Å². The van der Waals surface area contributed by atoms with Crippen molar-refractivity contribution in [2.24, 2.45) is 0 Å². The van der Waals surface area contributed by atoms with Crippen LogP contribution < -0.4 is 10.6 Å². The fourth-order valence-electron chi connectivity index (χ4n) is 1.42. The van der Waals surface area contributed by atoms with E-state index in [0.717, 1.165) is 11.4 Å². The van der Waals surface area contributed by atoms with Crippen molar-refractivity contribution in [2.45, 2.75) is 45.3 Å². The summed E-state index contributed by atoms with van der Waals surface area (Å²) in [6.07, 6.45) is 2.31. The maximum atomic E-state index is 5.18. The lowest BCUT2D eigenvalue weighted by Gasteiger charge is -2.18. The van der Waals surface area contributed by atoms with Crippen LogP contribution in [-0.4, -0.2) is 16.7 Å². The van der Waals surface area contributed by atoms with Crippen LogP contribution >= 0.6 is 12.2 Å². The Labute approximate surface area is 73.7 Å². The smallest absolute Gasteiger partial charge is 0.0940 e. The summed E-state index contributed by atoms with van der Waals surface area (Å²) < 4.78 is 0. The molecule has 1 unspecified atom stereocenters. The molecule has 2 nitrogen and oxygen atoms in total. The molecule has 0 spiro atoms. The van der Waals surface area contributed by atoms with E-state index in [9.17, 15) is 0 Å². The molecule has 0 aromatic heterocycles. The highest BCUT2D eigenvalue weighted by atomic mass is 32.1. The first kappa shape index (κ1) is 8.94. The van der Waals surface area contributed by atoms with Gasteiger partial charge in [0.2, 0.25) is 0 Å². The second kappa shape index (κ2) is 3.07. The summed E-state index contributed by atoms with van der Waals surface area (Å²) in [6, 6.07) is 0.394. The van der Waals surface area contributed by atoms with E-state index in [-0.39, 0.29) is 5.66 Å². The minimum absolute atomic E-state index is 0.00306. The summed E-state index contributed by atoms with van der Waals surface area (Å²) in [5.41, 5.74) is -0.00306. The Morgan fingerprint density at radius 1 is 1.55 bits per heavy atom. The molecule has 1 aliphatic heterocycles. The topological polar surface area (TPSA) is 24.1 Å². The Kier molecular flexibility index (Phi) is 2.50. The third kappa shape index (κ3) is 2.14. The number of nitrogens with one attached hydrogen (secondary N) is 2. The second-order valence-corrected chi connectivity index (χ2v) is 4.04. The first-order valence-electron chi connectivity index (χ1n) is 4.15. The van der Waals surface area contributed by atoms with Crippen LogP contribution in [0.2, 0.25) is 0 Å². The largest absolute Gasteiger partial charge is 0.361 e. The molecule has 1 saturated heterocycles. The van der Waals surface area contributed by atoms with E-state index in [2.05, 4.69) is 31.4 Å². The van der Waals surface area contributed by atoms with Crippen LogP contribution in [0.1, 0.15) is 33.6 Å². The quantitative estimate of drug-likeness (QED) is 0.616. The highest BCUT2D eigenvalue weighted by Gasteiger charge is 2.32. The minimum atomic E-state index is -0.00306. The minimum Gasteiger partial charge on any atom is -0.361 e. The Balaban J connectivity index is 2.52. The number of hydrogen-bond acceptors (Lipinski definition) is 2. The fourth-order valence-corrected chi connectivity index (χ4v) is 1.86. The summed E-state index contributed by atoms with van der Waals surface area (Å²) in [4.78, 5) is 0.969. The van der Waals surface area contributed by atoms with Crippen LogP contribution in [0.15, 0.2) is 0 Å². The third-order valence-corrected chi connectivity index (χ3v) is 2.25. The first-order valence-corrected chi connectivity index (χ1v) is 4.56. The van der Waals surface area contributed by atoms with Crippen LogP contribution in [0.3, 0.4) is 0 Å². The molecule has 0 aliphatic carbocycles. The summed E-state index contributed by atoms with van der Waals surface area (Å²) >= 11 is 5.18. The van der Waals surface area contributed by atoms with Crippen LogP contribution in [0.25, 0.3) is 0 Å². The highest BCUT2D eigenvalue weighted by molar-refractivity contribution is 7.80. The maximum Gasteiger partial charge on any atom is 0.0940 e. The van der Waals surface area contributed by atoms with Crippen LogP contribution in [0.5, 0.6) is 0 Å². The van der Waals surface area contributed by atoms with Gasteiger partial charge < -0.3 is 5.32 Å². The standard InChI is InChI=1S/C8H16N2S/c1-4-5-6-7(11)10-8(2,3)9-6/h6,9H,4-5H2,1-3H3,(H,10,11). The Morgan fingerprint density at radius 3 is 2.55 bits per heavy atom. The van der Waals surface area contributed by atoms with Gasteiger partial charge in [-0.25, -0.2) is 0 Å². The van der Waals surface area contributed by atoms with Gasteiger partial charge in [0.25, 0.3) is 0 Å². The lowest BCUT2D eigenvalue weighted by atomic mass is 10.2. The lowest BCUT2D eigenvalue weighted by molar-refractivity contribution is 0.388. The van der Waals surface area contributed by atoms with Gasteiger partial charge in [-0.05, 0) is 20.3 Å². The van der Waals surface area contributed by atoms with Crippen molar-refractivity contribution in [3.05, 3.63) is 0 Å². The molecule has 11 heavy (non-hydrogen) atoms. The van der Waals surface area contributed by atoms with Gasteiger partial charge in [0.1, 0.15) is 0 Å². The average Bonchev–Trinajstić information content (AvgIpc) is 2.07. The molecule has 2 N–H and O–H groups in total. The van der Waals surface area contributed by atoms with Gasteiger partial charge in [0.05, 0.1) is 16.7 Å². The van der Waals surface area contributed by atoms with Gasteiger partial charge in [-0.15, -0.1) is 0 Å². The van der Waals surface area contributed by atoms with Gasteiger partial charge in [-0.1, -0.05) is 25.6 Å². The van der Waals surface area contributed by atoms with Crippen molar-refractivity contribution in [1.29, 1.82) is 0 Å². The Hall–Kier alpha value is -0.150. The molecule has 64 valence electrons. The molecule has 0 aromatic rings. The zero-order chi connectivity index (χ0) is 8.48. The number of hydrogen-bond donors (Lipinski definition) is 2. The van der Waals surface area contributed by atoms with Crippen molar-refractivity contribution in [2.75, 3.05) is 0 Å². The average molecular weight is 172 g/mol. The lowest BCUT2D eigenvalue weighted by Crippen LogP contribution is -2.43. The molecule has 0 amide bonds. The van der Waals surface area contributed by atoms with E-state index >= 15 is 0 Å². The zero-order valence-corrected chi connectivity index (χ0v) is 8.22. The van der Waals surface area contributed by atoms with Crippen molar-refractivity contribution in [3.63, 3.8) is 0 Å². The summed E-state index contributed by atoms with van der Waals surface area (Å²) in [6.45, 7) is 6.39. The van der Waals surface area contributed by atoms with Crippen LogP contribution in [0, 0.1) is 0 Å². The first-order chi connectivity index (χ1) is 5.05. The molecule has 0 radical (unpaired) electrons. The predicted octanol–water partition coefficient (Wildman–Crippen LogP) is 1.41. The van der Waals surface area contributed by atoms with Crippen molar-refractivity contribution < 1.29 is 0 Å². The molecule has 1 heterocycles. The second-order valence-electron chi connectivity index (χ2n) is 3.60. The van der Waals surface area contributed by atoms with E-state index in [1.165, 1.54) is 6.42 Å². The van der Waals surface area contributed by atoms with Crippen molar-refractivity contribution >= 4 is 17.2 Å². The van der Waals surface area contributed by atoms with E-state index in [1.54, 1.807) is 0 Å². The van der Waals surface area contributed by atoms with Gasteiger partial charge in [-0.2, -0.15) is 0 Å². The Bertz CT molecular complexity index is 165. The van der Waals surface area contributed by atoms with Gasteiger partial charge >= 0.3 is 0 Å². The van der Waals surface area contributed by atoms with E-state index < -0.39 is 0 Å². The summed E-state index contributed by atoms with van der Waals surface area (Å²) in [5.74, 6) is 0. The summed E-state index contributed by atoms with van der Waals surface area (Å²) in [5, 5.41) is 6.68. The molecule has 1 atom stereocenters. The third-order valence-electron chi connectivity index (χ3n) is 1.86. The van der Waals surface area contributed by atoms with Crippen molar-refractivity contribution in [3.8, 4) is 0 Å². The number of rotatable bonds is 2. The molecular weight excluding hydrogens is 156 g/mol. The molecular formula is C8H16N2S. The molecule has 0 bridgehead atoms. The normalized spacial score (nSPS) is 28.6. The zero-order valence-electron chi connectivity index (χ0n) is 7.40. The fraction of sp³-hybridized carbons (Fsp3) is 0.875. The number of thiocarbonyl (C=S) groups is 1. The molecule has 0 saturated carbocycles. The van der Waals surface area contributed by atoms with E-state index in [0.29, 0.717) is 6.04 Å². The maximum absolute atomic E-state index is 5.18. The van der Waals surface area contributed by atoms with Crippen LogP contribution in [0.4, 0.5) is 0 Å². The Morgan fingerprint density at radius 2 is 2.18 bits per heavy atom. The van der Waals surface area contributed by atoms with Crippen molar-refractivity contribution in [1.82, 2.24) is 10.6 Å². The van der Waals surface area contributed by atoms with Gasteiger partial charge in [0.15, 0.2) is 0 Å². The molecule has 3 heteroatoms. The monoisotopic (exact) mass is 172 g/mol. The van der Waals surface area contributed by atoms with Gasteiger partial charge in [-0.3, -0.25) is 5.32 Å². The molecule has 1 fully saturated rings. The molecule has 1 rings (SSSR count).